The number of hydrogen-bond donors (Lipinski definition) is 1. The van der Waals surface area contributed by atoms with E-state index in [0.717, 1.165) is 29.8 Å². The minimum atomic E-state index is -0.197. The summed E-state index contributed by atoms with van der Waals surface area (Å²) >= 11 is 1.47. The molecule has 4 rings (SSSR count). The van der Waals surface area contributed by atoms with E-state index < -0.39 is 0 Å². The third-order valence-corrected chi connectivity index (χ3v) is 7.20. The summed E-state index contributed by atoms with van der Waals surface area (Å²) in [7, 11) is 0. The van der Waals surface area contributed by atoms with Gasteiger partial charge in [0.2, 0.25) is 5.91 Å². The summed E-state index contributed by atoms with van der Waals surface area (Å²) in [6, 6.07) is 3.61. The molecule has 1 N–H and O–H groups in total. The predicted molar refractivity (Wildman–Crippen MR) is 116 cm³/mol. The number of H-pyrrole nitrogens is 1. The molecule has 1 saturated heterocycles. The molecule has 7 nitrogen and oxygen atoms in total. The Labute approximate surface area is 180 Å². The maximum Gasteiger partial charge on any atom is 0.264 e. The number of amides is 2. The molecular formula is C22H28N4O3S. The number of hydrogen-bond acceptors (Lipinski definition) is 5. The zero-order chi connectivity index (χ0) is 21.4. The smallest absolute Gasteiger partial charge is 0.264 e. The van der Waals surface area contributed by atoms with E-state index >= 15 is 0 Å². The summed E-state index contributed by atoms with van der Waals surface area (Å²) in [5.41, 5.74) is 1.12. The van der Waals surface area contributed by atoms with Crippen LogP contribution in [0.5, 0.6) is 0 Å². The van der Waals surface area contributed by atoms with Crippen LogP contribution in [-0.4, -0.2) is 44.7 Å². The van der Waals surface area contributed by atoms with Gasteiger partial charge in [0.1, 0.15) is 5.82 Å². The van der Waals surface area contributed by atoms with Gasteiger partial charge in [-0.1, -0.05) is 13.8 Å². The summed E-state index contributed by atoms with van der Waals surface area (Å²) in [4.78, 5) is 51.5. The number of fused-ring (bicyclic) bond motifs is 1. The van der Waals surface area contributed by atoms with Gasteiger partial charge >= 0.3 is 0 Å². The van der Waals surface area contributed by atoms with Crippen molar-refractivity contribution in [1.29, 1.82) is 0 Å². The Balaban J connectivity index is 1.57. The zero-order valence-electron chi connectivity index (χ0n) is 17.7. The molecule has 0 aliphatic carbocycles. The molecule has 30 heavy (non-hydrogen) atoms. The molecule has 2 aromatic heterocycles. The first-order chi connectivity index (χ1) is 14.4. The SMILES string of the molecule is CC[C@@H](C)C(=O)N1CCC[C@H]1c1nc2c(c(=O)[nH]1)CN(C(=O)c1ccc(C)s1)CC2. The maximum absolute atomic E-state index is 12.9. The van der Waals surface area contributed by atoms with Crippen LogP contribution in [0.3, 0.4) is 0 Å². The Morgan fingerprint density at radius 2 is 2.13 bits per heavy atom. The van der Waals surface area contributed by atoms with Gasteiger partial charge < -0.3 is 14.8 Å². The van der Waals surface area contributed by atoms with Gasteiger partial charge in [-0.25, -0.2) is 4.98 Å². The number of aromatic nitrogens is 2. The van der Waals surface area contributed by atoms with E-state index in [4.69, 9.17) is 4.98 Å². The molecule has 0 bridgehead atoms. The predicted octanol–water partition coefficient (Wildman–Crippen LogP) is 3.05. The van der Waals surface area contributed by atoms with Crippen LogP contribution in [0.1, 0.15) is 70.8 Å². The number of nitrogens with zero attached hydrogens (tertiary/aromatic N) is 3. The molecule has 2 aliphatic rings. The fraction of sp³-hybridized carbons (Fsp3) is 0.545. The molecule has 0 saturated carbocycles. The summed E-state index contributed by atoms with van der Waals surface area (Å²) in [6.07, 6.45) is 3.07. The molecule has 1 fully saturated rings. The number of thiophene rings is 1. The third kappa shape index (κ3) is 3.80. The van der Waals surface area contributed by atoms with E-state index in [1.165, 1.54) is 11.3 Å². The number of rotatable bonds is 4. The van der Waals surface area contributed by atoms with Crippen molar-refractivity contribution < 1.29 is 9.59 Å². The summed E-state index contributed by atoms with van der Waals surface area (Å²) in [6.45, 7) is 7.45. The van der Waals surface area contributed by atoms with E-state index in [2.05, 4.69) is 4.98 Å². The lowest BCUT2D eigenvalue weighted by atomic mass is 10.0. The first kappa shape index (κ1) is 20.8. The van der Waals surface area contributed by atoms with Crippen molar-refractivity contribution in [3.8, 4) is 0 Å². The van der Waals surface area contributed by atoms with Crippen LogP contribution in [0, 0.1) is 12.8 Å². The molecular weight excluding hydrogens is 400 g/mol. The van der Waals surface area contributed by atoms with Crippen molar-refractivity contribution in [3.63, 3.8) is 0 Å². The molecule has 0 spiro atoms. The Hall–Kier alpha value is -2.48. The minimum Gasteiger partial charge on any atom is -0.333 e. The van der Waals surface area contributed by atoms with Gasteiger partial charge in [0.15, 0.2) is 0 Å². The lowest BCUT2D eigenvalue weighted by Gasteiger charge is -2.30. The van der Waals surface area contributed by atoms with Crippen LogP contribution in [0.15, 0.2) is 16.9 Å². The molecule has 0 unspecified atom stereocenters. The molecule has 2 amide bonds. The fourth-order valence-corrected chi connectivity index (χ4v) is 5.09. The van der Waals surface area contributed by atoms with Crippen LogP contribution >= 0.6 is 11.3 Å². The second kappa shape index (κ2) is 8.34. The minimum absolute atomic E-state index is 0.0320. The van der Waals surface area contributed by atoms with Crippen LogP contribution in [-0.2, 0) is 17.8 Å². The quantitative estimate of drug-likeness (QED) is 0.811. The summed E-state index contributed by atoms with van der Waals surface area (Å²) in [5, 5.41) is 0. The molecule has 4 heterocycles. The monoisotopic (exact) mass is 428 g/mol. The van der Waals surface area contributed by atoms with E-state index in [1.54, 1.807) is 4.90 Å². The van der Waals surface area contributed by atoms with Crippen molar-refractivity contribution in [3.05, 3.63) is 49.3 Å². The van der Waals surface area contributed by atoms with Crippen LogP contribution in [0.25, 0.3) is 0 Å². The average molecular weight is 429 g/mol. The van der Waals surface area contributed by atoms with E-state index in [0.29, 0.717) is 35.8 Å². The number of likely N-dealkylation sites (tertiary alicyclic amines) is 1. The van der Waals surface area contributed by atoms with Gasteiger partial charge in [-0.2, -0.15) is 0 Å². The van der Waals surface area contributed by atoms with Crippen LogP contribution < -0.4 is 5.56 Å². The van der Waals surface area contributed by atoms with Gasteiger partial charge in [0.25, 0.3) is 11.5 Å². The Morgan fingerprint density at radius 3 is 2.83 bits per heavy atom. The van der Waals surface area contributed by atoms with Crippen molar-refractivity contribution in [2.75, 3.05) is 13.1 Å². The normalized spacial score (nSPS) is 19.6. The zero-order valence-corrected chi connectivity index (χ0v) is 18.6. The summed E-state index contributed by atoms with van der Waals surface area (Å²) in [5.74, 6) is 0.642. The Morgan fingerprint density at radius 1 is 1.33 bits per heavy atom. The molecule has 160 valence electrons. The number of aryl methyl sites for hydroxylation is 1. The molecule has 8 heteroatoms. The Bertz CT molecular complexity index is 1030. The standard InChI is InChI=1S/C22H28N4O3S/c1-4-13(2)21(28)26-10-5-6-17(26)19-23-16-9-11-25(12-15(16)20(27)24-19)22(29)18-8-7-14(3)30-18/h7-8,13,17H,4-6,9-12H2,1-3H3,(H,23,24,27)/t13-,17+/m1/s1. The van der Waals surface area contributed by atoms with Crippen molar-refractivity contribution in [2.24, 2.45) is 5.92 Å². The van der Waals surface area contributed by atoms with E-state index in [9.17, 15) is 14.4 Å². The van der Waals surface area contributed by atoms with Gasteiger partial charge in [-0.3, -0.25) is 14.4 Å². The highest BCUT2D eigenvalue weighted by Crippen LogP contribution is 2.32. The number of aromatic amines is 1. The lowest BCUT2D eigenvalue weighted by molar-refractivity contribution is -0.136. The first-order valence-corrected chi connectivity index (χ1v) is 11.5. The maximum atomic E-state index is 12.9. The van der Waals surface area contributed by atoms with Crippen LogP contribution in [0.4, 0.5) is 0 Å². The fourth-order valence-electron chi connectivity index (χ4n) is 4.25. The highest BCUT2D eigenvalue weighted by molar-refractivity contribution is 7.13. The van der Waals surface area contributed by atoms with Crippen molar-refractivity contribution in [2.45, 2.75) is 59.0 Å². The molecule has 2 aliphatic heterocycles. The lowest BCUT2D eigenvalue weighted by Crippen LogP contribution is -2.41. The van der Waals surface area contributed by atoms with Gasteiger partial charge in [0.05, 0.1) is 28.7 Å². The van der Waals surface area contributed by atoms with Gasteiger partial charge in [0, 0.05) is 30.3 Å². The largest absolute Gasteiger partial charge is 0.333 e. The van der Waals surface area contributed by atoms with E-state index in [-0.39, 0.29) is 35.9 Å². The van der Waals surface area contributed by atoms with Crippen molar-refractivity contribution >= 4 is 23.2 Å². The molecule has 0 aromatic carbocycles. The highest BCUT2D eigenvalue weighted by atomic mass is 32.1. The molecule has 2 atom stereocenters. The van der Waals surface area contributed by atoms with E-state index in [1.807, 2.05) is 37.8 Å². The number of carbonyl (C=O) groups excluding carboxylic acids is 2. The third-order valence-electron chi connectivity index (χ3n) is 6.21. The first-order valence-electron chi connectivity index (χ1n) is 10.7. The van der Waals surface area contributed by atoms with Gasteiger partial charge in [-0.15, -0.1) is 11.3 Å². The number of nitrogens with one attached hydrogen (secondary N) is 1. The average Bonchev–Trinajstić information content (AvgIpc) is 3.41. The molecule has 0 radical (unpaired) electrons. The Kier molecular flexibility index (Phi) is 5.77. The molecule has 2 aromatic rings. The highest BCUT2D eigenvalue weighted by Gasteiger charge is 2.35. The van der Waals surface area contributed by atoms with Crippen LogP contribution in [0.2, 0.25) is 0 Å². The topological polar surface area (TPSA) is 86.4 Å². The second-order valence-electron chi connectivity index (χ2n) is 8.26. The second-order valence-corrected chi connectivity index (χ2v) is 9.55. The van der Waals surface area contributed by atoms with Crippen molar-refractivity contribution in [1.82, 2.24) is 19.8 Å². The number of carbonyl (C=O) groups is 2. The van der Waals surface area contributed by atoms with Gasteiger partial charge in [-0.05, 0) is 38.3 Å². The summed E-state index contributed by atoms with van der Waals surface area (Å²) < 4.78 is 0.